The van der Waals surface area contributed by atoms with E-state index in [1.807, 2.05) is 13.1 Å². The van der Waals surface area contributed by atoms with Crippen LogP contribution in [0.25, 0.3) is 0 Å². The van der Waals surface area contributed by atoms with Gasteiger partial charge >= 0.3 is 5.97 Å². The van der Waals surface area contributed by atoms with E-state index in [1.165, 1.54) is 5.56 Å². The van der Waals surface area contributed by atoms with Crippen molar-refractivity contribution >= 4 is 11.8 Å². The number of aliphatic carboxylic acids is 1. The maximum absolute atomic E-state index is 11.2. The Kier molecular flexibility index (Phi) is 2.28. The quantitative estimate of drug-likeness (QED) is 0.575. The smallest absolute Gasteiger partial charge is 0.377 e. The minimum absolute atomic E-state index is 0.261. The van der Waals surface area contributed by atoms with Crippen LogP contribution in [0.15, 0.2) is 18.2 Å². The molecular formula is C11H11NO3. The molecule has 0 fully saturated rings. The first-order chi connectivity index (χ1) is 7.08. The SMILES string of the molecule is CN1Cc2ccc(C(=O)C(=O)O)cc2C1. The van der Waals surface area contributed by atoms with E-state index >= 15 is 0 Å². The molecule has 0 atom stereocenters. The van der Waals surface area contributed by atoms with E-state index in [-0.39, 0.29) is 5.56 Å². The van der Waals surface area contributed by atoms with Gasteiger partial charge in [-0.3, -0.25) is 9.69 Å². The zero-order valence-electron chi connectivity index (χ0n) is 8.36. The molecule has 0 saturated heterocycles. The highest BCUT2D eigenvalue weighted by Gasteiger charge is 2.20. The Hall–Kier alpha value is -1.68. The molecule has 0 unspecified atom stereocenters. The van der Waals surface area contributed by atoms with Gasteiger partial charge in [-0.05, 0) is 24.2 Å². The number of carbonyl (C=O) groups excluding carboxylic acids is 1. The molecule has 1 aromatic rings. The highest BCUT2D eigenvalue weighted by molar-refractivity contribution is 6.39. The number of carbonyl (C=O) groups is 2. The number of benzene rings is 1. The second-order valence-electron chi connectivity index (χ2n) is 3.79. The number of fused-ring (bicyclic) bond motifs is 1. The lowest BCUT2D eigenvalue weighted by atomic mass is 10.0. The van der Waals surface area contributed by atoms with Crippen molar-refractivity contribution in [2.75, 3.05) is 7.05 Å². The van der Waals surface area contributed by atoms with Crippen molar-refractivity contribution in [3.8, 4) is 0 Å². The first kappa shape index (κ1) is 9.86. The molecule has 0 radical (unpaired) electrons. The number of ketones is 1. The molecule has 0 aliphatic carbocycles. The van der Waals surface area contributed by atoms with Gasteiger partial charge in [0.05, 0.1) is 0 Å². The summed E-state index contributed by atoms with van der Waals surface area (Å²) in [4.78, 5) is 23.8. The van der Waals surface area contributed by atoms with Crippen LogP contribution in [-0.4, -0.2) is 28.8 Å². The first-order valence-corrected chi connectivity index (χ1v) is 4.66. The molecular weight excluding hydrogens is 194 g/mol. The molecule has 1 N–H and O–H groups in total. The molecule has 0 saturated carbocycles. The molecule has 2 rings (SSSR count). The fraction of sp³-hybridized carbons (Fsp3) is 0.273. The first-order valence-electron chi connectivity index (χ1n) is 4.66. The Bertz CT molecular complexity index is 439. The van der Waals surface area contributed by atoms with Crippen LogP contribution in [0.4, 0.5) is 0 Å². The summed E-state index contributed by atoms with van der Waals surface area (Å²) in [6.45, 7) is 1.63. The van der Waals surface area contributed by atoms with Gasteiger partial charge in [0, 0.05) is 18.7 Å². The molecule has 1 aliphatic heterocycles. The van der Waals surface area contributed by atoms with Gasteiger partial charge in [0.25, 0.3) is 5.78 Å². The van der Waals surface area contributed by atoms with Crippen LogP contribution >= 0.6 is 0 Å². The number of carboxylic acids is 1. The standard InChI is InChI=1S/C11H11NO3/c1-12-5-8-3-2-7(4-9(8)6-12)10(13)11(14)15/h2-4H,5-6H2,1H3,(H,14,15). The lowest BCUT2D eigenvalue weighted by Gasteiger charge is -2.02. The molecule has 1 aromatic carbocycles. The van der Waals surface area contributed by atoms with Crippen molar-refractivity contribution in [3.05, 3.63) is 34.9 Å². The summed E-state index contributed by atoms with van der Waals surface area (Å²) >= 11 is 0. The second-order valence-corrected chi connectivity index (χ2v) is 3.79. The molecule has 4 nitrogen and oxygen atoms in total. The third-order valence-electron chi connectivity index (χ3n) is 2.54. The Morgan fingerprint density at radius 1 is 1.27 bits per heavy atom. The summed E-state index contributed by atoms with van der Waals surface area (Å²) in [5.74, 6) is -2.24. The minimum Gasteiger partial charge on any atom is -0.475 e. The van der Waals surface area contributed by atoms with E-state index in [9.17, 15) is 9.59 Å². The van der Waals surface area contributed by atoms with E-state index < -0.39 is 11.8 Å². The number of hydrogen-bond donors (Lipinski definition) is 1. The van der Waals surface area contributed by atoms with Gasteiger partial charge in [0.15, 0.2) is 0 Å². The van der Waals surface area contributed by atoms with Crippen molar-refractivity contribution in [3.63, 3.8) is 0 Å². The molecule has 15 heavy (non-hydrogen) atoms. The lowest BCUT2D eigenvalue weighted by molar-refractivity contribution is -0.131. The fourth-order valence-corrected chi connectivity index (χ4v) is 1.83. The third-order valence-corrected chi connectivity index (χ3v) is 2.54. The van der Waals surface area contributed by atoms with Crippen LogP contribution in [-0.2, 0) is 17.9 Å². The van der Waals surface area contributed by atoms with Gasteiger partial charge in [0.1, 0.15) is 0 Å². The van der Waals surface area contributed by atoms with Crippen LogP contribution in [0.2, 0.25) is 0 Å². The zero-order chi connectivity index (χ0) is 11.0. The van der Waals surface area contributed by atoms with E-state index in [0.717, 1.165) is 18.7 Å². The Labute approximate surface area is 87.1 Å². The minimum atomic E-state index is -1.40. The second kappa shape index (κ2) is 3.47. The van der Waals surface area contributed by atoms with Gasteiger partial charge in [-0.15, -0.1) is 0 Å². The van der Waals surface area contributed by atoms with Gasteiger partial charge in [-0.2, -0.15) is 0 Å². The Morgan fingerprint density at radius 3 is 2.60 bits per heavy atom. The monoisotopic (exact) mass is 205 g/mol. The predicted molar refractivity (Wildman–Crippen MR) is 53.6 cm³/mol. The van der Waals surface area contributed by atoms with E-state index in [4.69, 9.17) is 5.11 Å². The number of hydrogen-bond acceptors (Lipinski definition) is 3. The largest absolute Gasteiger partial charge is 0.475 e. The van der Waals surface area contributed by atoms with Crippen molar-refractivity contribution in [2.45, 2.75) is 13.1 Å². The zero-order valence-corrected chi connectivity index (χ0v) is 8.36. The van der Waals surface area contributed by atoms with Crippen LogP contribution < -0.4 is 0 Å². The summed E-state index contributed by atoms with van der Waals surface area (Å²) in [6.07, 6.45) is 0. The fourth-order valence-electron chi connectivity index (χ4n) is 1.83. The lowest BCUT2D eigenvalue weighted by Crippen LogP contribution is -2.12. The topological polar surface area (TPSA) is 57.6 Å². The van der Waals surface area contributed by atoms with E-state index in [0.29, 0.717) is 0 Å². The van der Waals surface area contributed by atoms with Gasteiger partial charge in [-0.25, -0.2) is 4.79 Å². The maximum Gasteiger partial charge on any atom is 0.377 e. The van der Waals surface area contributed by atoms with Gasteiger partial charge < -0.3 is 5.11 Å². The molecule has 1 aliphatic rings. The predicted octanol–water partition coefficient (Wildman–Crippen LogP) is 0.899. The third kappa shape index (κ3) is 1.76. The Morgan fingerprint density at radius 2 is 1.93 bits per heavy atom. The van der Waals surface area contributed by atoms with E-state index in [2.05, 4.69) is 4.90 Å². The highest BCUT2D eigenvalue weighted by atomic mass is 16.4. The molecule has 4 heteroatoms. The number of nitrogens with zero attached hydrogens (tertiary/aromatic N) is 1. The molecule has 1 heterocycles. The summed E-state index contributed by atoms with van der Waals surface area (Å²) in [5, 5.41) is 8.58. The average molecular weight is 205 g/mol. The molecule has 0 amide bonds. The number of Topliss-reactive ketones (excluding diaryl/α,β-unsaturated/α-hetero) is 1. The Balaban J connectivity index is 2.35. The van der Waals surface area contributed by atoms with Crippen molar-refractivity contribution in [2.24, 2.45) is 0 Å². The summed E-state index contributed by atoms with van der Waals surface area (Å²) in [7, 11) is 1.98. The summed E-state index contributed by atoms with van der Waals surface area (Å²) in [6, 6.07) is 5.08. The molecule has 78 valence electrons. The van der Waals surface area contributed by atoms with Crippen molar-refractivity contribution in [1.29, 1.82) is 0 Å². The van der Waals surface area contributed by atoms with E-state index in [1.54, 1.807) is 12.1 Å². The highest BCUT2D eigenvalue weighted by Crippen LogP contribution is 2.22. The van der Waals surface area contributed by atoms with Crippen LogP contribution in [0.1, 0.15) is 21.5 Å². The van der Waals surface area contributed by atoms with Gasteiger partial charge in [-0.1, -0.05) is 12.1 Å². The van der Waals surface area contributed by atoms with Crippen molar-refractivity contribution in [1.82, 2.24) is 4.90 Å². The van der Waals surface area contributed by atoms with Crippen LogP contribution in [0, 0.1) is 0 Å². The normalized spacial score (nSPS) is 15.0. The number of rotatable bonds is 2. The average Bonchev–Trinajstić information content (AvgIpc) is 2.55. The van der Waals surface area contributed by atoms with Crippen LogP contribution in [0.3, 0.4) is 0 Å². The summed E-state index contributed by atoms with van der Waals surface area (Å²) < 4.78 is 0. The molecule has 0 aromatic heterocycles. The van der Waals surface area contributed by atoms with Gasteiger partial charge in [0.2, 0.25) is 0 Å². The maximum atomic E-state index is 11.2. The molecule has 0 spiro atoms. The molecule has 0 bridgehead atoms. The van der Waals surface area contributed by atoms with Crippen LogP contribution in [0.5, 0.6) is 0 Å². The summed E-state index contributed by atoms with van der Waals surface area (Å²) in [5.41, 5.74) is 2.47. The van der Waals surface area contributed by atoms with Crippen molar-refractivity contribution < 1.29 is 14.7 Å². The number of carboxylic acid groups (broad SMARTS) is 1.